The van der Waals surface area contributed by atoms with Gasteiger partial charge in [-0.25, -0.2) is 4.39 Å². The van der Waals surface area contributed by atoms with E-state index in [9.17, 15) is 9.18 Å². The first kappa shape index (κ1) is 17.6. The van der Waals surface area contributed by atoms with Gasteiger partial charge in [0.05, 0.1) is 0 Å². The van der Waals surface area contributed by atoms with Gasteiger partial charge in [-0.2, -0.15) is 0 Å². The normalized spacial score (nSPS) is 10.4. The summed E-state index contributed by atoms with van der Waals surface area (Å²) in [7, 11) is 1.69. The molecule has 1 heterocycles. The van der Waals surface area contributed by atoms with Gasteiger partial charge < -0.3 is 9.64 Å². The molecule has 132 valence electrons. The standard InChI is InChI=1S/C21H19FN2O2/c1-24(14-16-4-2-6-19(22)12-16)21(25)18-7-9-20(10-8-18)26-15-17-5-3-11-23-13-17/h2-13H,14-15H2,1H3. The number of nitrogens with zero attached hydrogens (tertiary/aromatic N) is 2. The van der Waals surface area contributed by atoms with Crippen LogP contribution >= 0.6 is 0 Å². The number of carbonyl (C=O) groups excluding carboxylic acids is 1. The molecule has 4 nitrogen and oxygen atoms in total. The first-order valence-corrected chi connectivity index (χ1v) is 8.23. The van der Waals surface area contributed by atoms with Crippen LogP contribution in [0, 0.1) is 5.82 Å². The molecule has 3 aromatic rings. The van der Waals surface area contributed by atoms with Crippen molar-refractivity contribution in [3.05, 3.63) is 95.6 Å². The molecule has 0 saturated carbocycles. The Balaban J connectivity index is 1.59. The molecule has 0 aliphatic rings. The molecule has 0 atom stereocenters. The Bertz CT molecular complexity index is 867. The predicted molar refractivity (Wildman–Crippen MR) is 97.2 cm³/mol. The molecule has 26 heavy (non-hydrogen) atoms. The van der Waals surface area contributed by atoms with Crippen molar-refractivity contribution < 1.29 is 13.9 Å². The molecule has 3 rings (SSSR count). The highest BCUT2D eigenvalue weighted by Crippen LogP contribution is 2.16. The minimum atomic E-state index is -0.307. The van der Waals surface area contributed by atoms with Gasteiger partial charge in [-0.3, -0.25) is 9.78 Å². The molecule has 0 aliphatic carbocycles. The number of benzene rings is 2. The maximum atomic E-state index is 13.3. The van der Waals surface area contributed by atoms with Crippen molar-refractivity contribution in [1.29, 1.82) is 0 Å². The fraction of sp³-hybridized carbons (Fsp3) is 0.143. The van der Waals surface area contributed by atoms with Gasteiger partial charge in [0.25, 0.3) is 5.91 Å². The summed E-state index contributed by atoms with van der Waals surface area (Å²) in [4.78, 5) is 18.1. The topological polar surface area (TPSA) is 42.4 Å². The van der Waals surface area contributed by atoms with E-state index >= 15 is 0 Å². The quantitative estimate of drug-likeness (QED) is 0.673. The van der Waals surface area contributed by atoms with Gasteiger partial charge >= 0.3 is 0 Å². The fourth-order valence-electron chi connectivity index (χ4n) is 2.55. The molecule has 0 bridgehead atoms. The molecule has 0 radical (unpaired) electrons. The molecule has 0 N–H and O–H groups in total. The van der Waals surface area contributed by atoms with Gasteiger partial charge in [0, 0.05) is 37.1 Å². The molecule has 1 aromatic heterocycles. The van der Waals surface area contributed by atoms with Crippen molar-refractivity contribution in [3.8, 4) is 5.75 Å². The van der Waals surface area contributed by atoms with Crippen molar-refractivity contribution in [1.82, 2.24) is 9.88 Å². The van der Waals surface area contributed by atoms with Crippen LogP contribution in [0.15, 0.2) is 73.1 Å². The van der Waals surface area contributed by atoms with E-state index in [-0.39, 0.29) is 11.7 Å². The van der Waals surface area contributed by atoms with Crippen molar-refractivity contribution in [2.24, 2.45) is 0 Å². The van der Waals surface area contributed by atoms with Crippen molar-refractivity contribution in [3.63, 3.8) is 0 Å². The highest BCUT2D eigenvalue weighted by Gasteiger charge is 2.12. The van der Waals surface area contributed by atoms with Crippen LogP contribution in [-0.4, -0.2) is 22.8 Å². The summed E-state index contributed by atoms with van der Waals surface area (Å²) in [6.45, 7) is 0.760. The number of aromatic nitrogens is 1. The first-order chi connectivity index (χ1) is 12.6. The molecular formula is C21H19FN2O2. The summed E-state index contributed by atoms with van der Waals surface area (Å²) in [5.41, 5.74) is 2.28. The highest BCUT2D eigenvalue weighted by molar-refractivity contribution is 5.94. The summed E-state index contributed by atoms with van der Waals surface area (Å²) in [5.74, 6) is 0.240. The van der Waals surface area contributed by atoms with Crippen molar-refractivity contribution in [2.45, 2.75) is 13.2 Å². The minimum Gasteiger partial charge on any atom is -0.489 e. The summed E-state index contributed by atoms with van der Waals surface area (Å²) < 4.78 is 18.9. The molecule has 5 heteroatoms. The maximum absolute atomic E-state index is 13.3. The van der Waals surface area contributed by atoms with E-state index in [0.717, 1.165) is 11.1 Å². The number of rotatable bonds is 6. The van der Waals surface area contributed by atoms with Gasteiger partial charge in [-0.1, -0.05) is 18.2 Å². The Morgan fingerprint density at radius 1 is 1.08 bits per heavy atom. The lowest BCUT2D eigenvalue weighted by Gasteiger charge is -2.17. The molecule has 2 aromatic carbocycles. The van der Waals surface area contributed by atoms with Crippen LogP contribution in [0.1, 0.15) is 21.5 Å². The summed E-state index contributed by atoms with van der Waals surface area (Å²) in [5, 5.41) is 0. The van der Waals surface area contributed by atoms with E-state index in [4.69, 9.17) is 4.74 Å². The van der Waals surface area contributed by atoms with E-state index in [2.05, 4.69) is 4.98 Å². The molecule has 0 spiro atoms. The fourth-order valence-corrected chi connectivity index (χ4v) is 2.55. The first-order valence-electron chi connectivity index (χ1n) is 8.23. The van der Waals surface area contributed by atoms with Gasteiger partial charge in [0.2, 0.25) is 0 Å². The Morgan fingerprint density at radius 3 is 2.54 bits per heavy atom. The van der Waals surface area contributed by atoms with Crippen LogP contribution in [-0.2, 0) is 13.2 Å². The number of carbonyl (C=O) groups is 1. The van der Waals surface area contributed by atoms with E-state index in [1.807, 2.05) is 12.1 Å². The van der Waals surface area contributed by atoms with Crippen LogP contribution in [0.2, 0.25) is 0 Å². The third-order valence-electron chi connectivity index (χ3n) is 3.89. The molecule has 0 saturated heterocycles. The Kier molecular flexibility index (Phi) is 5.59. The molecule has 0 unspecified atom stereocenters. The van der Waals surface area contributed by atoms with Gasteiger partial charge in [0.1, 0.15) is 18.2 Å². The van der Waals surface area contributed by atoms with E-state index < -0.39 is 0 Å². The van der Waals surface area contributed by atoms with Gasteiger partial charge in [-0.05, 0) is 48.0 Å². The smallest absolute Gasteiger partial charge is 0.253 e. The highest BCUT2D eigenvalue weighted by atomic mass is 19.1. The number of pyridine rings is 1. The van der Waals surface area contributed by atoms with Crippen LogP contribution in [0.25, 0.3) is 0 Å². The average molecular weight is 350 g/mol. The third kappa shape index (κ3) is 4.66. The summed E-state index contributed by atoms with van der Waals surface area (Å²) in [6.07, 6.45) is 3.46. The van der Waals surface area contributed by atoms with Crippen LogP contribution in [0.3, 0.4) is 0 Å². The SMILES string of the molecule is CN(Cc1cccc(F)c1)C(=O)c1ccc(OCc2cccnc2)cc1. The second kappa shape index (κ2) is 8.25. The summed E-state index contributed by atoms with van der Waals surface area (Å²) >= 11 is 0. The largest absolute Gasteiger partial charge is 0.489 e. The van der Waals surface area contributed by atoms with Crippen molar-refractivity contribution >= 4 is 5.91 Å². The zero-order valence-electron chi connectivity index (χ0n) is 14.4. The zero-order chi connectivity index (χ0) is 18.4. The van der Waals surface area contributed by atoms with E-state index in [1.54, 1.807) is 60.7 Å². The van der Waals surface area contributed by atoms with E-state index in [1.165, 1.54) is 12.1 Å². The number of amides is 1. The minimum absolute atomic E-state index is 0.131. The molecule has 0 aliphatic heterocycles. The zero-order valence-corrected chi connectivity index (χ0v) is 14.4. The predicted octanol–water partition coefficient (Wildman–Crippen LogP) is 4.07. The van der Waals surface area contributed by atoms with Crippen LogP contribution in [0.5, 0.6) is 5.75 Å². The maximum Gasteiger partial charge on any atom is 0.253 e. The number of ether oxygens (including phenoxy) is 1. The Labute approximate surface area is 151 Å². The Morgan fingerprint density at radius 2 is 1.85 bits per heavy atom. The lowest BCUT2D eigenvalue weighted by molar-refractivity contribution is 0.0785. The summed E-state index contributed by atoms with van der Waals surface area (Å²) in [6, 6.07) is 17.0. The third-order valence-corrected chi connectivity index (χ3v) is 3.89. The second-order valence-electron chi connectivity index (χ2n) is 5.97. The van der Waals surface area contributed by atoms with E-state index in [0.29, 0.717) is 24.5 Å². The number of halogens is 1. The second-order valence-corrected chi connectivity index (χ2v) is 5.97. The van der Waals surface area contributed by atoms with Gasteiger partial charge in [0.15, 0.2) is 0 Å². The number of hydrogen-bond donors (Lipinski definition) is 0. The molecule has 0 fully saturated rings. The monoisotopic (exact) mass is 350 g/mol. The Hall–Kier alpha value is -3.21. The average Bonchev–Trinajstić information content (AvgIpc) is 2.67. The molecular weight excluding hydrogens is 331 g/mol. The lowest BCUT2D eigenvalue weighted by Crippen LogP contribution is -2.26. The van der Waals surface area contributed by atoms with Crippen LogP contribution < -0.4 is 4.74 Å². The molecule has 1 amide bonds. The van der Waals surface area contributed by atoms with Crippen molar-refractivity contribution in [2.75, 3.05) is 7.05 Å². The van der Waals surface area contributed by atoms with Crippen LogP contribution in [0.4, 0.5) is 4.39 Å². The van der Waals surface area contributed by atoms with Gasteiger partial charge in [-0.15, -0.1) is 0 Å². The number of hydrogen-bond acceptors (Lipinski definition) is 3. The lowest BCUT2D eigenvalue weighted by atomic mass is 10.1.